The van der Waals surface area contributed by atoms with Crippen LogP contribution in [0, 0.1) is 5.92 Å². The number of urea groups is 1. The van der Waals surface area contributed by atoms with Crippen molar-refractivity contribution < 1.29 is 14.4 Å². The number of carbonyl (C=O) groups excluding carboxylic acids is 3. The van der Waals surface area contributed by atoms with Gasteiger partial charge in [0.25, 0.3) is 5.91 Å². The molecule has 1 saturated carbocycles. The van der Waals surface area contributed by atoms with E-state index in [1.165, 1.54) is 5.56 Å². The molecule has 3 rings (SSSR count). The Labute approximate surface area is 166 Å². The number of carbonyl (C=O) groups is 3. The molecule has 4 amide bonds. The van der Waals surface area contributed by atoms with Crippen LogP contribution >= 0.6 is 0 Å². The van der Waals surface area contributed by atoms with Crippen molar-refractivity contribution in [2.75, 3.05) is 19.6 Å². The maximum Gasteiger partial charge on any atom is 0.325 e. The number of amides is 4. The number of nitrogens with one attached hydrogen (secondary N) is 2. The molecule has 7 nitrogen and oxygen atoms in total. The number of imide groups is 1. The van der Waals surface area contributed by atoms with Gasteiger partial charge in [-0.1, -0.05) is 38.1 Å². The third kappa shape index (κ3) is 4.35. The van der Waals surface area contributed by atoms with E-state index >= 15 is 0 Å². The Balaban J connectivity index is 1.49. The highest BCUT2D eigenvalue weighted by molar-refractivity contribution is 6.09. The van der Waals surface area contributed by atoms with Gasteiger partial charge in [0.15, 0.2) is 0 Å². The number of hydrogen-bond acceptors (Lipinski definition) is 4. The molecule has 2 aliphatic rings. The second-order valence-electron chi connectivity index (χ2n) is 7.85. The summed E-state index contributed by atoms with van der Waals surface area (Å²) in [6, 6.07) is 7.65. The van der Waals surface area contributed by atoms with Gasteiger partial charge in [-0.15, -0.1) is 0 Å². The molecule has 0 aromatic heterocycles. The maximum atomic E-state index is 12.6. The monoisotopic (exact) mass is 386 g/mol. The van der Waals surface area contributed by atoms with Gasteiger partial charge in [0, 0.05) is 13.1 Å². The molecule has 1 saturated heterocycles. The van der Waals surface area contributed by atoms with Gasteiger partial charge >= 0.3 is 6.03 Å². The molecule has 1 unspecified atom stereocenters. The van der Waals surface area contributed by atoms with Gasteiger partial charge in [-0.3, -0.25) is 19.4 Å². The molecule has 1 aromatic carbocycles. The second kappa shape index (κ2) is 8.31. The topological polar surface area (TPSA) is 81.8 Å². The van der Waals surface area contributed by atoms with Crippen LogP contribution in [0.4, 0.5) is 4.79 Å². The molecule has 152 valence electrons. The van der Waals surface area contributed by atoms with Gasteiger partial charge in [0.1, 0.15) is 12.1 Å². The normalized spacial score (nSPS) is 21.9. The molecule has 0 spiro atoms. The van der Waals surface area contributed by atoms with Crippen LogP contribution in [0.25, 0.3) is 0 Å². The lowest BCUT2D eigenvalue weighted by Gasteiger charge is -2.20. The van der Waals surface area contributed by atoms with Gasteiger partial charge in [-0.2, -0.15) is 0 Å². The SMILES string of the molecule is CCN(CC)Cc1ccc(CNC(=O)CN2C(=O)NC(C)(C3CC3)C2=O)cc1. The van der Waals surface area contributed by atoms with Crippen LogP contribution in [0.3, 0.4) is 0 Å². The minimum atomic E-state index is -0.849. The lowest BCUT2D eigenvalue weighted by atomic mass is 9.96. The molecule has 28 heavy (non-hydrogen) atoms. The first-order valence-electron chi connectivity index (χ1n) is 10.1. The highest BCUT2D eigenvalue weighted by Gasteiger charge is 2.56. The first kappa shape index (κ1) is 20.3. The van der Waals surface area contributed by atoms with Crippen molar-refractivity contribution in [1.29, 1.82) is 0 Å². The fourth-order valence-electron chi connectivity index (χ4n) is 3.66. The molecule has 2 N–H and O–H groups in total. The smallest absolute Gasteiger partial charge is 0.325 e. The van der Waals surface area contributed by atoms with E-state index in [9.17, 15) is 14.4 Å². The summed E-state index contributed by atoms with van der Waals surface area (Å²) in [5.41, 5.74) is 1.37. The van der Waals surface area contributed by atoms with E-state index in [1.54, 1.807) is 6.92 Å². The zero-order chi connectivity index (χ0) is 20.3. The molecule has 2 fully saturated rings. The summed E-state index contributed by atoms with van der Waals surface area (Å²) >= 11 is 0. The number of rotatable bonds is 9. The highest BCUT2D eigenvalue weighted by Crippen LogP contribution is 2.42. The van der Waals surface area contributed by atoms with Crippen molar-refractivity contribution in [3.63, 3.8) is 0 Å². The van der Waals surface area contributed by atoms with Crippen LogP contribution in [0.15, 0.2) is 24.3 Å². The van der Waals surface area contributed by atoms with Gasteiger partial charge in [-0.25, -0.2) is 4.79 Å². The first-order chi connectivity index (χ1) is 13.4. The van der Waals surface area contributed by atoms with Crippen molar-refractivity contribution in [2.24, 2.45) is 5.92 Å². The fourth-order valence-corrected chi connectivity index (χ4v) is 3.66. The second-order valence-corrected chi connectivity index (χ2v) is 7.85. The average molecular weight is 386 g/mol. The predicted octanol–water partition coefficient (Wildman–Crippen LogP) is 1.87. The summed E-state index contributed by atoms with van der Waals surface area (Å²) in [5, 5.41) is 5.55. The van der Waals surface area contributed by atoms with Crippen molar-refractivity contribution in [3.8, 4) is 0 Å². The van der Waals surface area contributed by atoms with E-state index < -0.39 is 11.6 Å². The zero-order valence-corrected chi connectivity index (χ0v) is 17.0. The van der Waals surface area contributed by atoms with E-state index in [4.69, 9.17) is 0 Å². The molecular formula is C21H30N4O3. The Morgan fingerprint density at radius 2 is 1.79 bits per heavy atom. The van der Waals surface area contributed by atoms with E-state index in [2.05, 4.69) is 41.5 Å². The molecule has 1 heterocycles. The molecule has 1 atom stereocenters. The number of hydrogen-bond donors (Lipinski definition) is 2. The third-order valence-electron chi connectivity index (χ3n) is 5.81. The number of benzene rings is 1. The molecule has 0 radical (unpaired) electrons. The van der Waals surface area contributed by atoms with Crippen molar-refractivity contribution in [1.82, 2.24) is 20.4 Å². The fraction of sp³-hybridized carbons (Fsp3) is 0.571. The van der Waals surface area contributed by atoms with Gasteiger partial charge in [0.2, 0.25) is 5.91 Å². The summed E-state index contributed by atoms with van der Waals surface area (Å²) in [6.07, 6.45) is 1.87. The third-order valence-corrected chi connectivity index (χ3v) is 5.81. The van der Waals surface area contributed by atoms with Crippen molar-refractivity contribution >= 4 is 17.8 Å². The zero-order valence-electron chi connectivity index (χ0n) is 17.0. The minimum absolute atomic E-state index is 0.187. The summed E-state index contributed by atoms with van der Waals surface area (Å²) in [6.45, 7) is 9.10. The van der Waals surface area contributed by atoms with E-state index in [1.807, 2.05) is 12.1 Å². The van der Waals surface area contributed by atoms with Crippen LogP contribution < -0.4 is 10.6 Å². The molecule has 0 bridgehead atoms. The van der Waals surface area contributed by atoms with Crippen LogP contribution in [0.1, 0.15) is 44.7 Å². The summed E-state index contributed by atoms with van der Waals surface area (Å²) in [7, 11) is 0. The standard InChI is InChI=1S/C21H30N4O3/c1-4-24(5-2)13-16-8-6-15(7-9-16)12-22-18(26)14-25-19(27)21(3,17-10-11-17)23-20(25)28/h6-9,17H,4-5,10-14H2,1-3H3,(H,22,26)(H,23,28). The van der Waals surface area contributed by atoms with E-state index in [0.29, 0.717) is 6.54 Å². The number of nitrogens with zero attached hydrogens (tertiary/aromatic N) is 2. The van der Waals surface area contributed by atoms with Gasteiger partial charge in [0.05, 0.1) is 0 Å². The summed E-state index contributed by atoms with van der Waals surface area (Å²) in [5.74, 6) is -0.446. The van der Waals surface area contributed by atoms with Gasteiger partial charge < -0.3 is 10.6 Å². The average Bonchev–Trinajstić information content (AvgIpc) is 3.51. The van der Waals surface area contributed by atoms with Crippen LogP contribution in [0.2, 0.25) is 0 Å². The Morgan fingerprint density at radius 3 is 2.36 bits per heavy atom. The Hall–Kier alpha value is -2.41. The van der Waals surface area contributed by atoms with Crippen LogP contribution in [-0.4, -0.2) is 52.8 Å². The Morgan fingerprint density at radius 1 is 1.18 bits per heavy atom. The first-order valence-corrected chi connectivity index (χ1v) is 10.1. The molecule has 1 aromatic rings. The Kier molecular flexibility index (Phi) is 6.03. The van der Waals surface area contributed by atoms with Crippen molar-refractivity contribution in [3.05, 3.63) is 35.4 Å². The van der Waals surface area contributed by atoms with Gasteiger partial charge in [-0.05, 0) is 49.9 Å². The van der Waals surface area contributed by atoms with Crippen molar-refractivity contribution in [2.45, 2.75) is 52.2 Å². The quantitative estimate of drug-likeness (QED) is 0.635. The lowest BCUT2D eigenvalue weighted by Crippen LogP contribution is -2.46. The lowest BCUT2D eigenvalue weighted by molar-refractivity contribution is -0.135. The predicted molar refractivity (Wildman–Crippen MR) is 106 cm³/mol. The molecular weight excluding hydrogens is 356 g/mol. The minimum Gasteiger partial charge on any atom is -0.350 e. The van der Waals surface area contributed by atoms with Crippen LogP contribution in [-0.2, 0) is 22.7 Å². The molecule has 7 heteroatoms. The maximum absolute atomic E-state index is 12.6. The largest absolute Gasteiger partial charge is 0.350 e. The highest BCUT2D eigenvalue weighted by atomic mass is 16.2. The summed E-state index contributed by atoms with van der Waals surface area (Å²) < 4.78 is 0. The molecule has 1 aliphatic heterocycles. The summed E-state index contributed by atoms with van der Waals surface area (Å²) in [4.78, 5) is 40.3. The Bertz CT molecular complexity index is 741. The van der Waals surface area contributed by atoms with Crippen LogP contribution in [0.5, 0.6) is 0 Å². The molecule has 1 aliphatic carbocycles. The van der Waals surface area contributed by atoms with E-state index in [0.717, 1.165) is 42.9 Å². The van der Waals surface area contributed by atoms with E-state index in [-0.39, 0.29) is 24.3 Å².